The number of benzene rings is 1. The van der Waals surface area contributed by atoms with E-state index in [0.717, 1.165) is 9.13 Å². The molecule has 1 aliphatic rings. The number of nitrogens with one attached hydrogen (secondary N) is 2. The van der Waals surface area contributed by atoms with E-state index in [-0.39, 0.29) is 38.4 Å². The van der Waals surface area contributed by atoms with Gasteiger partial charge in [0.1, 0.15) is 0 Å². The second-order valence-corrected chi connectivity index (χ2v) is 9.09. The minimum Gasteiger partial charge on any atom is -0.494 e. The van der Waals surface area contributed by atoms with E-state index in [4.69, 9.17) is 27.9 Å². The molecule has 3 heterocycles. The van der Waals surface area contributed by atoms with Gasteiger partial charge in [-0.15, -0.1) is 0 Å². The Bertz CT molecular complexity index is 1530. The zero-order valence-corrected chi connectivity index (χ0v) is 19.5. The first-order valence-corrected chi connectivity index (χ1v) is 10.8. The fourth-order valence-electron chi connectivity index (χ4n) is 4.10. The molecular weight excluding hydrogens is 475 g/mol. The number of aromatic hydroxyl groups is 1. The van der Waals surface area contributed by atoms with E-state index in [1.54, 1.807) is 27.7 Å². The van der Waals surface area contributed by atoms with Gasteiger partial charge in [0, 0.05) is 22.7 Å². The summed E-state index contributed by atoms with van der Waals surface area (Å²) in [5.74, 6) is -2.04. The van der Waals surface area contributed by atoms with Crippen molar-refractivity contribution in [3.8, 4) is 17.5 Å². The van der Waals surface area contributed by atoms with Crippen molar-refractivity contribution in [3.63, 3.8) is 0 Å². The van der Waals surface area contributed by atoms with Gasteiger partial charge in [0.05, 0.1) is 22.1 Å². The Balaban J connectivity index is 2.22. The number of nitrogens with zero attached hydrogens (tertiary/aromatic N) is 2. The van der Waals surface area contributed by atoms with Crippen molar-refractivity contribution in [2.75, 3.05) is 0 Å². The zero-order valence-electron chi connectivity index (χ0n) is 18.0. The fourth-order valence-corrected chi connectivity index (χ4v) is 4.65. The van der Waals surface area contributed by atoms with Crippen molar-refractivity contribution in [2.45, 2.75) is 45.7 Å². The Kier molecular flexibility index (Phi) is 5.53. The third-order valence-electron chi connectivity index (χ3n) is 5.45. The summed E-state index contributed by atoms with van der Waals surface area (Å²) in [6.45, 7) is 6.58. The number of fused-ring (bicyclic) bond motifs is 2. The molecule has 0 spiro atoms. The van der Waals surface area contributed by atoms with Gasteiger partial charge in [0.25, 0.3) is 11.1 Å². The second-order valence-electron chi connectivity index (χ2n) is 8.24. The number of hydrogen-bond acceptors (Lipinski definition) is 6. The van der Waals surface area contributed by atoms with Crippen LogP contribution in [-0.2, 0) is 0 Å². The molecule has 0 bridgehead atoms. The molecule has 174 valence electrons. The first-order chi connectivity index (χ1) is 15.4. The highest BCUT2D eigenvalue weighted by molar-refractivity contribution is 6.35. The van der Waals surface area contributed by atoms with Crippen LogP contribution in [-0.4, -0.2) is 24.2 Å². The molecule has 0 radical (unpaired) electrons. The maximum atomic E-state index is 13.5. The van der Waals surface area contributed by atoms with Gasteiger partial charge >= 0.3 is 11.4 Å². The van der Waals surface area contributed by atoms with E-state index < -0.39 is 46.4 Å². The number of aromatic amines is 2. The van der Waals surface area contributed by atoms with Crippen molar-refractivity contribution >= 4 is 23.2 Å². The summed E-state index contributed by atoms with van der Waals surface area (Å²) < 4.78 is 7.73. The van der Waals surface area contributed by atoms with Crippen LogP contribution in [0.2, 0.25) is 10.0 Å². The van der Waals surface area contributed by atoms with Crippen molar-refractivity contribution in [1.82, 2.24) is 19.1 Å². The monoisotopic (exact) mass is 494 g/mol. The highest BCUT2D eigenvalue weighted by Gasteiger charge is 2.39. The van der Waals surface area contributed by atoms with E-state index >= 15 is 0 Å². The lowest BCUT2D eigenvalue weighted by atomic mass is 9.84. The highest BCUT2D eigenvalue weighted by Crippen LogP contribution is 2.49. The molecule has 12 heteroatoms. The van der Waals surface area contributed by atoms with Crippen LogP contribution in [0.4, 0.5) is 0 Å². The molecule has 0 amide bonds. The lowest BCUT2D eigenvalue weighted by Gasteiger charge is -2.29. The van der Waals surface area contributed by atoms with Crippen LogP contribution >= 0.6 is 23.2 Å². The summed E-state index contributed by atoms with van der Waals surface area (Å²) in [6, 6.07) is 1.81. The number of rotatable bonds is 3. The van der Waals surface area contributed by atoms with Gasteiger partial charge < -0.3 is 9.84 Å². The van der Waals surface area contributed by atoms with Crippen LogP contribution in [0.5, 0.6) is 17.5 Å². The first kappa shape index (κ1) is 22.9. The van der Waals surface area contributed by atoms with Crippen molar-refractivity contribution in [1.29, 1.82) is 0 Å². The average molecular weight is 495 g/mol. The molecule has 1 aliphatic heterocycles. The summed E-state index contributed by atoms with van der Waals surface area (Å²) in [6.07, 6.45) is 0. The van der Waals surface area contributed by atoms with E-state index in [2.05, 4.69) is 9.97 Å². The number of H-pyrrole nitrogens is 2. The fraction of sp³-hybridized carbons (Fsp3) is 0.333. The summed E-state index contributed by atoms with van der Waals surface area (Å²) in [5, 5.41) is 11.3. The van der Waals surface area contributed by atoms with Gasteiger partial charge in [-0.25, -0.2) is 9.59 Å². The quantitative estimate of drug-likeness (QED) is 0.400. The lowest BCUT2D eigenvalue weighted by molar-refractivity contribution is 0.368. The summed E-state index contributed by atoms with van der Waals surface area (Å²) in [5.41, 5.74) is -3.34. The molecule has 3 aromatic rings. The zero-order chi connectivity index (χ0) is 24.4. The number of ether oxygens (including phenoxy) is 1. The Morgan fingerprint density at radius 2 is 1.55 bits per heavy atom. The van der Waals surface area contributed by atoms with Crippen LogP contribution in [0.25, 0.3) is 0 Å². The Morgan fingerprint density at radius 3 is 2.15 bits per heavy atom. The number of hydrogen-bond donors (Lipinski definition) is 3. The molecule has 0 unspecified atom stereocenters. The van der Waals surface area contributed by atoms with Gasteiger partial charge in [-0.1, -0.05) is 23.2 Å². The molecule has 4 rings (SSSR count). The molecule has 0 aliphatic carbocycles. The molecule has 10 nitrogen and oxygen atoms in total. The summed E-state index contributed by atoms with van der Waals surface area (Å²) >= 11 is 12.5. The van der Waals surface area contributed by atoms with Crippen LogP contribution in [0.15, 0.2) is 31.3 Å². The topological polar surface area (TPSA) is 139 Å². The van der Waals surface area contributed by atoms with Gasteiger partial charge in [-0.3, -0.25) is 28.7 Å². The molecule has 33 heavy (non-hydrogen) atoms. The lowest BCUT2D eigenvalue weighted by Crippen LogP contribution is -2.42. The van der Waals surface area contributed by atoms with Gasteiger partial charge in [-0.05, 0) is 39.8 Å². The Labute approximate surface area is 196 Å². The summed E-state index contributed by atoms with van der Waals surface area (Å²) in [4.78, 5) is 56.1. The smallest absolute Gasteiger partial charge is 0.331 e. The maximum Gasteiger partial charge on any atom is 0.331 e. The van der Waals surface area contributed by atoms with Gasteiger partial charge in [0.15, 0.2) is 5.75 Å². The molecule has 1 atom stereocenters. The van der Waals surface area contributed by atoms with E-state index in [0.29, 0.717) is 0 Å². The number of halogens is 2. The predicted molar refractivity (Wildman–Crippen MR) is 123 cm³/mol. The Morgan fingerprint density at radius 1 is 0.939 bits per heavy atom. The van der Waals surface area contributed by atoms with Crippen LogP contribution in [0, 0.1) is 0 Å². The molecule has 0 saturated carbocycles. The highest BCUT2D eigenvalue weighted by atomic mass is 35.5. The van der Waals surface area contributed by atoms with E-state index in [1.807, 2.05) is 0 Å². The summed E-state index contributed by atoms with van der Waals surface area (Å²) in [7, 11) is 0. The average Bonchev–Trinajstić information content (AvgIpc) is 2.67. The van der Waals surface area contributed by atoms with Crippen molar-refractivity contribution < 1.29 is 9.84 Å². The van der Waals surface area contributed by atoms with Crippen LogP contribution in [0.1, 0.15) is 62.4 Å². The van der Waals surface area contributed by atoms with Gasteiger partial charge in [-0.2, -0.15) is 0 Å². The minimum atomic E-state index is -1.25. The number of aromatic nitrogens is 4. The standard InChI is InChI=1S/C21H20Cl2N4O6/c1-7(2)26-18(29)13(16(28)24-20(26)31)12-10-5-9(22)6-11(23)15(10)33-17-14(12)19(30)27(8(3)4)21(32)25-17/h5-8,12,29H,1-4H3,(H,25,32)(H,24,28,31)/t12-/m0/s1. The maximum absolute atomic E-state index is 13.5. The first-order valence-electron chi connectivity index (χ1n) is 10.1. The van der Waals surface area contributed by atoms with Crippen LogP contribution in [0.3, 0.4) is 0 Å². The minimum absolute atomic E-state index is 0.0528. The molecule has 3 N–H and O–H groups in total. The Hall–Kier alpha value is -3.24. The van der Waals surface area contributed by atoms with Crippen molar-refractivity contribution in [3.05, 3.63) is 80.5 Å². The molecule has 2 aromatic heterocycles. The SMILES string of the molecule is CC(C)n1c(O)c([C@@H]2c3cc(Cl)cc(Cl)c3Oc3[nH]c(=O)n(C(C)C)c(=O)c32)c(=O)[nH]c1=O. The van der Waals surface area contributed by atoms with E-state index in [9.17, 15) is 24.3 Å². The molecular formula is C21H20Cl2N4O6. The largest absolute Gasteiger partial charge is 0.494 e. The molecule has 1 aromatic carbocycles. The van der Waals surface area contributed by atoms with Crippen LogP contribution < -0.4 is 27.2 Å². The van der Waals surface area contributed by atoms with Crippen molar-refractivity contribution in [2.24, 2.45) is 0 Å². The molecule has 0 fully saturated rings. The van der Waals surface area contributed by atoms with Gasteiger partial charge in [0.2, 0.25) is 11.8 Å². The van der Waals surface area contributed by atoms with E-state index in [1.165, 1.54) is 12.1 Å². The molecule has 0 saturated heterocycles. The second kappa shape index (κ2) is 7.96. The predicted octanol–water partition coefficient (Wildman–Crippen LogP) is 2.85. The third kappa shape index (κ3) is 3.50. The normalized spacial score (nSPS) is 14.8. The third-order valence-corrected chi connectivity index (χ3v) is 5.95.